The molecule has 0 fully saturated rings. The van der Waals surface area contributed by atoms with E-state index >= 15 is 0 Å². The minimum Gasteiger partial charge on any atom is -0.305 e. The Morgan fingerprint density at radius 1 is 1.41 bits per heavy atom. The first-order chi connectivity index (χ1) is 8.06. The van der Waals surface area contributed by atoms with Crippen molar-refractivity contribution in [2.75, 3.05) is 5.32 Å². The number of nitrogens with zero attached hydrogens (tertiary/aromatic N) is 4. The number of anilines is 1. The number of carbonyl (C=O) groups is 1. The zero-order valence-corrected chi connectivity index (χ0v) is 10.1. The highest BCUT2D eigenvalue weighted by atomic mass is 35.5. The predicted octanol–water partition coefficient (Wildman–Crippen LogP) is 1.42. The lowest BCUT2D eigenvalue weighted by molar-refractivity contribution is 0.102. The summed E-state index contributed by atoms with van der Waals surface area (Å²) in [7, 11) is 1.75. The van der Waals surface area contributed by atoms with E-state index in [4.69, 9.17) is 11.6 Å². The van der Waals surface area contributed by atoms with E-state index in [0.717, 1.165) is 5.69 Å². The molecule has 88 valence electrons. The maximum atomic E-state index is 11.8. The molecule has 0 radical (unpaired) electrons. The lowest BCUT2D eigenvalue weighted by atomic mass is 10.4. The normalized spacial score (nSPS) is 10.3. The minimum absolute atomic E-state index is 0.202. The molecule has 17 heavy (non-hydrogen) atoms. The number of amides is 1. The number of hydrogen-bond donors (Lipinski definition) is 1. The predicted molar refractivity (Wildman–Crippen MR) is 62.9 cm³/mol. The number of aromatic nitrogens is 4. The van der Waals surface area contributed by atoms with Crippen LogP contribution < -0.4 is 5.32 Å². The fourth-order valence-electron chi connectivity index (χ4n) is 1.34. The molecule has 0 atom stereocenters. The van der Waals surface area contributed by atoms with E-state index in [1.807, 2.05) is 6.92 Å². The number of halogens is 1. The standard InChI is InChI=1S/C10H10ClN5O/c1-6-3-9(16(2)15-6)14-10(17)7-4-13-8(11)5-12-7/h3-5H,1-2H3,(H,14,17). The molecule has 2 aromatic heterocycles. The van der Waals surface area contributed by atoms with Crippen molar-refractivity contribution in [3.05, 3.63) is 35.0 Å². The van der Waals surface area contributed by atoms with Gasteiger partial charge in [-0.2, -0.15) is 5.10 Å². The van der Waals surface area contributed by atoms with Crippen LogP contribution in [0.15, 0.2) is 18.5 Å². The lowest BCUT2D eigenvalue weighted by Gasteiger charge is -2.03. The van der Waals surface area contributed by atoms with Crippen molar-refractivity contribution in [2.45, 2.75) is 6.92 Å². The second-order valence-corrected chi connectivity index (χ2v) is 3.86. The topological polar surface area (TPSA) is 72.7 Å². The van der Waals surface area contributed by atoms with E-state index in [1.54, 1.807) is 17.8 Å². The molecule has 1 N–H and O–H groups in total. The van der Waals surface area contributed by atoms with Crippen molar-refractivity contribution in [1.82, 2.24) is 19.7 Å². The molecule has 0 saturated carbocycles. The molecule has 2 aromatic rings. The molecule has 2 heterocycles. The highest BCUT2D eigenvalue weighted by Gasteiger charge is 2.10. The van der Waals surface area contributed by atoms with Gasteiger partial charge in [0.2, 0.25) is 0 Å². The average molecular weight is 252 g/mol. The van der Waals surface area contributed by atoms with Gasteiger partial charge in [-0.25, -0.2) is 9.97 Å². The number of rotatable bonds is 2. The van der Waals surface area contributed by atoms with Crippen LogP contribution in [0, 0.1) is 6.92 Å². The molecule has 1 amide bonds. The summed E-state index contributed by atoms with van der Waals surface area (Å²) in [5.74, 6) is 0.251. The van der Waals surface area contributed by atoms with E-state index in [1.165, 1.54) is 12.4 Å². The van der Waals surface area contributed by atoms with Crippen LogP contribution in [-0.4, -0.2) is 25.7 Å². The highest BCUT2D eigenvalue weighted by molar-refractivity contribution is 6.29. The molecule has 0 saturated heterocycles. The van der Waals surface area contributed by atoms with Gasteiger partial charge in [0.05, 0.1) is 18.1 Å². The smallest absolute Gasteiger partial charge is 0.277 e. The summed E-state index contributed by atoms with van der Waals surface area (Å²) in [5, 5.41) is 7.05. The summed E-state index contributed by atoms with van der Waals surface area (Å²) in [6.07, 6.45) is 2.64. The quantitative estimate of drug-likeness (QED) is 0.876. The van der Waals surface area contributed by atoms with E-state index in [9.17, 15) is 4.79 Å². The van der Waals surface area contributed by atoms with Crippen LogP contribution >= 0.6 is 11.6 Å². The third-order valence-electron chi connectivity index (χ3n) is 2.10. The van der Waals surface area contributed by atoms with Crippen molar-refractivity contribution >= 4 is 23.3 Å². The van der Waals surface area contributed by atoms with Gasteiger partial charge in [-0.3, -0.25) is 9.48 Å². The summed E-state index contributed by atoms with van der Waals surface area (Å²) in [6, 6.07) is 1.77. The van der Waals surface area contributed by atoms with E-state index in [0.29, 0.717) is 5.82 Å². The van der Waals surface area contributed by atoms with Crippen LogP contribution in [0.3, 0.4) is 0 Å². The summed E-state index contributed by atoms with van der Waals surface area (Å²) in [4.78, 5) is 19.5. The molecule has 7 heteroatoms. The Bertz CT molecular complexity index is 548. The largest absolute Gasteiger partial charge is 0.305 e. The average Bonchev–Trinajstić information content (AvgIpc) is 2.58. The molecule has 0 bridgehead atoms. The van der Waals surface area contributed by atoms with Crippen molar-refractivity contribution in [1.29, 1.82) is 0 Å². The first kappa shape index (κ1) is 11.5. The zero-order chi connectivity index (χ0) is 12.4. The van der Waals surface area contributed by atoms with Gasteiger partial charge in [-0.05, 0) is 6.92 Å². The van der Waals surface area contributed by atoms with Gasteiger partial charge in [-0.1, -0.05) is 11.6 Å². The molecule has 6 nitrogen and oxygen atoms in total. The molecule has 0 aliphatic heterocycles. The van der Waals surface area contributed by atoms with E-state index in [-0.39, 0.29) is 16.8 Å². The van der Waals surface area contributed by atoms with Gasteiger partial charge in [-0.15, -0.1) is 0 Å². The fourth-order valence-corrected chi connectivity index (χ4v) is 1.44. The third kappa shape index (κ3) is 2.59. The van der Waals surface area contributed by atoms with Crippen molar-refractivity contribution in [3.8, 4) is 0 Å². The zero-order valence-electron chi connectivity index (χ0n) is 9.31. The number of carbonyl (C=O) groups excluding carboxylic acids is 1. The monoisotopic (exact) mass is 251 g/mol. The lowest BCUT2D eigenvalue weighted by Crippen LogP contribution is -2.16. The summed E-state index contributed by atoms with van der Waals surface area (Å²) in [6.45, 7) is 1.84. The van der Waals surface area contributed by atoms with Gasteiger partial charge in [0.15, 0.2) is 0 Å². The van der Waals surface area contributed by atoms with Gasteiger partial charge in [0.1, 0.15) is 16.7 Å². The molecular weight excluding hydrogens is 242 g/mol. The van der Waals surface area contributed by atoms with E-state index < -0.39 is 0 Å². The van der Waals surface area contributed by atoms with Crippen LogP contribution in [0.5, 0.6) is 0 Å². The van der Waals surface area contributed by atoms with Crippen molar-refractivity contribution in [3.63, 3.8) is 0 Å². The van der Waals surface area contributed by atoms with Gasteiger partial charge in [0, 0.05) is 13.1 Å². The Labute approximate surface area is 103 Å². The first-order valence-electron chi connectivity index (χ1n) is 4.86. The molecule has 2 rings (SSSR count). The van der Waals surface area contributed by atoms with Crippen molar-refractivity contribution < 1.29 is 4.79 Å². The molecule has 0 aromatic carbocycles. The van der Waals surface area contributed by atoms with Crippen LogP contribution in [0.4, 0.5) is 5.82 Å². The molecular formula is C10H10ClN5O. The first-order valence-corrected chi connectivity index (χ1v) is 5.23. The Balaban J connectivity index is 2.17. The Morgan fingerprint density at radius 3 is 2.71 bits per heavy atom. The minimum atomic E-state index is -0.350. The van der Waals surface area contributed by atoms with Gasteiger partial charge in [0.25, 0.3) is 5.91 Å². The fraction of sp³-hybridized carbons (Fsp3) is 0.200. The van der Waals surface area contributed by atoms with Crippen LogP contribution in [-0.2, 0) is 7.05 Å². The van der Waals surface area contributed by atoms with Crippen molar-refractivity contribution in [2.24, 2.45) is 7.05 Å². The molecule has 0 unspecified atom stereocenters. The second-order valence-electron chi connectivity index (χ2n) is 3.47. The van der Waals surface area contributed by atoms with E-state index in [2.05, 4.69) is 20.4 Å². The molecule has 0 spiro atoms. The Morgan fingerprint density at radius 2 is 2.18 bits per heavy atom. The number of nitrogens with one attached hydrogen (secondary N) is 1. The van der Waals surface area contributed by atoms with Crippen LogP contribution in [0.2, 0.25) is 5.15 Å². The Kier molecular flexibility index (Phi) is 3.06. The maximum Gasteiger partial charge on any atom is 0.277 e. The second kappa shape index (κ2) is 4.50. The van der Waals surface area contributed by atoms with Crippen LogP contribution in [0.1, 0.15) is 16.2 Å². The third-order valence-corrected chi connectivity index (χ3v) is 2.29. The number of hydrogen-bond acceptors (Lipinski definition) is 4. The summed E-state index contributed by atoms with van der Waals surface area (Å²) < 4.78 is 1.58. The van der Waals surface area contributed by atoms with Gasteiger partial charge >= 0.3 is 0 Å². The van der Waals surface area contributed by atoms with Crippen LogP contribution in [0.25, 0.3) is 0 Å². The highest BCUT2D eigenvalue weighted by Crippen LogP contribution is 2.09. The van der Waals surface area contributed by atoms with Gasteiger partial charge < -0.3 is 5.32 Å². The molecule has 0 aliphatic carbocycles. The maximum absolute atomic E-state index is 11.8. The Hall–Kier alpha value is -1.95. The number of aryl methyl sites for hydroxylation is 2. The SMILES string of the molecule is Cc1cc(NC(=O)c2cnc(Cl)cn2)n(C)n1. The summed E-state index contributed by atoms with van der Waals surface area (Å²) in [5.41, 5.74) is 1.03. The molecule has 0 aliphatic rings. The summed E-state index contributed by atoms with van der Waals surface area (Å²) >= 11 is 5.59.